The fraction of sp³-hybridized carbons (Fsp3) is 0.348. The summed E-state index contributed by atoms with van der Waals surface area (Å²) in [5, 5.41) is -0.300. The van der Waals surface area contributed by atoms with Gasteiger partial charge in [0.15, 0.2) is 9.84 Å². The largest absolute Gasteiger partial charge is 0.299 e. The Bertz CT molecular complexity index is 1230. The third kappa shape index (κ3) is 5.04. The Morgan fingerprint density at radius 1 is 1.16 bits per heavy atom. The summed E-state index contributed by atoms with van der Waals surface area (Å²) in [5.74, 6) is -1.28. The SMILES string of the molecule is CCC(C(=O)Cc1ccc(-c2cnccn2)cc1F)c1ccnc(CS(=O)(=O)C2CC2)n1. The molecule has 2 heterocycles. The molecule has 7 nitrogen and oxygen atoms in total. The van der Waals surface area contributed by atoms with E-state index in [0.717, 1.165) is 0 Å². The second-order valence-corrected chi connectivity index (χ2v) is 10.2. The van der Waals surface area contributed by atoms with Gasteiger partial charge < -0.3 is 0 Å². The highest BCUT2D eigenvalue weighted by atomic mass is 32.2. The first-order valence-electron chi connectivity index (χ1n) is 10.5. The maximum atomic E-state index is 14.7. The molecule has 166 valence electrons. The number of aromatic nitrogens is 4. The van der Waals surface area contributed by atoms with Crippen LogP contribution < -0.4 is 0 Å². The van der Waals surface area contributed by atoms with E-state index < -0.39 is 21.6 Å². The summed E-state index contributed by atoms with van der Waals surface area (Å²) in [6, 6.07) is 6.26. The lowest BCUT2D eigenvalue weighted by Crippen LogP contribution is -2.18. The molecular formula is C23H23FN4O3S. The fourth-order valence-electron chi connectivity index (χ4n) is 3.61. The van der Waals surface area contributed by atoms with E-state index in [0.29, 0.717) is 36.2 Å². The zero-order valence-corrected chi connectivity index (χ0v) is 18.4. The Morgan fingerprint density at radius 2 is 1.97 bits per heavy atom. The van der Waals surface area contributed by atoms with Crippen LogP contribution in [0.5, 0.6) is 0 Å². The van der Waals surface area contributed by atoms with Gasteiger partial charge in [-0.3, -0.25) is 14.8 Å². The number of rotatable bonds is 9. The highest BCUT2D eigenvalue weighted by Gasteiger charge is 2.36. The minimum absolute atomic E-state index is 0.0925. The number of ketones is 1. The van der Waals surface area contributed by atoms with Crippen LogP contribution in [0.25, 0.3) is 11.3 Å². The molecule has 4 rings (SSSR count). The number of hydrogen-bond donors (Lipinski definition) is 0. The van der Waals surface area contributed by atoms with Crippen molar-refractivity contribution in [2.75, 3.05) is 0 Å². The molecule has 1 unspecified atom stereocenters. The van der Waals surface area contributed by atoms with Crippen LogP contribution in [0.4, 0.5) is 4.39 Å². The molecule has 0 amide bonds. The van der Waals surface area contributed by atoms with Crippen LogP contribution >= 0.6 is 0 Å². The number of sulfone groups is 1. The monoisotopic (exact) mass is 454 g/mol. The first-order valence-corrected chi connectivity index (χ1v) is 12.2. The average Bonchev–Trinajstić information content (AvgIpc) is 3.63. The van der Waals surface area contributed by atoms with Crippen LogP contribution in [0.1, 0.15) is 49.2 Å². The molecule has 1 aliphatic carbocycles. The summed E-state index contributed by atoms with van der Waals surface area (Å²) in [4.78, 5) is 29.6. The van der Waals surface area contributed by atoms with Crippen molar-refractivity contribution in [3.8, 4) is 11.3 Å². The summed E-state index contributed by atoms with van der Waals surface area (Å²) in [6.07, 6.45) is 7.82. The zero-order valence-electron chi connectivity index (χ0n) is 17.6. The molecule has 1 aliphatic rings. The van der Waals surface area contributed by atoms with Crippen molar-refractivity contribution in [2.24, 2.45) is 0 Å². The van der Waals surface area contributed by atoms with Crippen molar-refractivity contribution in [1.29, 1.82) is 0 Å². The molecule has 1 atom stereocenters. The molecule has 0 spiro atoms. The number of carbonyl (C=O) groups excluding carboxylic acids is 1. The van der Waals surface area contributed by atoms with E-state index in [-0.39, 0.29) is 34.6 Å². The number of Topliss-reactive ketones (excluding diaryl/α,β-unsaturated/α-hetero) is 1. The van der Waals surface area contributed by atoms with Gasteiger partial charge in [-0.2, -0.15) is 0 Å². The van der Waals surface area contributed by atoms with Gasteiger partial charge in [0.25, 0.3) is 0 Å². The van der Waals surface area contributed by atoms with Gasteiger partial charge in [0.1, 0.15) is 23.2 Å². The maximum absolute atomic E-state index is 14.7. The van der Waals surface area contributed by atoms with Crippen LogP contribution in [-0.4, -0.2) is 39.4 Å². The molecule has 0 radical (unpaired) electrons. The Labute approximate surface area is 186 Å². The van der Waals surface area contributed by atoms with Crippen molar-refractivity contribution in [3.63, 3.8) is 0 Å². The van der Waals surface area contributed by atoms with Crippen molar-refractivity contribution < 1.29 is 17.6 Å². The van der Waals surface area contributed by atoms with Gasteiger partial charge in [-0.15, -0.1) is 0 Å². The number of benzene rings is 1. The van der Waals surface area contributed by atoms with Crippen molar-refractivity contribution in [2.45, 2.75) is 49.5 Å². The predicted molar refractivity (Wildman–Crippen MR) is 117 cm³/mol. The van der Waals surface area contributed by atoms with E-state index in [4.69, 9.17) is 0 Å². The molecule has 1 aromatic carbocycles. The van der Waals surface area contributed by atoms with Crippen LogP contribution in [-0.2, 0) is 26.8 Å². The van der Waals surface area contributed by atoms with Crippen molar-refractivity contribution >= 4 is 15.6 Å². The molecule has 9 heteroatoms. The molecule has 0 N–H and O–H groups in total. The van der Waals surface area contributed by atoms with Crippen LogP contribution in [0.15, 0.2) is 49.1 Å². The zero-order chi connectivity index (χ0) is 22.7. The van der Waals surface area contributed by atoms with E-state index in [1.54, 1.807) is 24.4 Å². The minimum atomic E-state index is -3.26. The standard InChI is InChI=1S/C23H23FN4O3S/c1-2-18(20-7-8-27-23(28-20)14-32(30,31)17-5-6-17)22(29)12-15-3-4-16(11-19(15)24)21-13-25-9-10-26-21/h3-4,7-11,13,17-18H,2,5-6,12,14H2,1H3. The molecule has 1 fully saturated rings. The molecular weight excluding hydrogens is 431 g/mol. The third-order valence-corrected chi connectivity index (χ3v) is 7.67. The van der Waals surface area contributed by atoms with E-state index >= 15 is 0 Å². The van der Waals surface area contributed by atoms with Gasteiger partial charge in [0.2, 0.25) is 0 Å². The highest BCUT2D eigenvalue weighted by molar-refractivity contribution is 7.91. The summed E-state index contributed by atoms with van der Waals surface area (Å²) < 4.78 is 39.2. The third-order valence-electron chi connectivity index (χ3n) is 5.52. The van der Waals surface area contributed by atoms with Crippen molar-refractivity contribution in [1.82, 2.24) is 19.9 Å². The Kier molecular flexibility index (Phi) is 6.36. The summed E-state index contributed by atoms with van der Waals surface area (Å²) in [5.41, 5.74) is 1.87. The quantitative estimate of drug-likeness (QED) is 0.488. The smallest absolute Gasteiger partial charge is 0.160 e. The molecule has 2 aromatic heterocycles. The maximum Gasteiger partial charge on any atom is 0.160 e. The van der Waals surface area contributed by atoms with Gasteiger partial charge in [-0.05, 0) is 37.0 Å². The molecule has 32 heavy (non-hydrogen) atoms. The van der Waals surface area contributed by atoms with E-state index in [2.05, 4.69) is 19.9 Å². The second kappa shape index (κ2) is 9.20. The number of halogens is 1. The molecule has 0 saturated heterocycles. The van der Waals surface area contributed by atoms with E-state index in [1.807, 2.05) is 6.92 Å². The van der Waals surface area contributed by atoms with E-state index in [9.17, 15) is 17.6 Å². The normalized spacial score (nSPS) is 14.8. The molecule has 3 aromatic rings. The number of carbonyl (C=O) groups is 1. The van der Waals surface area contributed by atoms with Gasteiger partial charge in [-0.1, -0.05) is 19.1 Å². The number of nitrogens with zero attached hydrogens (tertiary/aromatic N) is 4. The van der Waals surface area contributed by atoms with Crippen LogP contribution in [0.3, 0.4) is 0 Å². The van der Waals surface area contributed by atoms with Crippen molar-refractivity contribution in [3.05, 3.63) is 72.0 Å². The summed E-state index contributed by atoms with van der Waals surface area (Å²) >= 11 is 0. The van der Waals surface area contributed by atoms with Crippen LogP contribution in [0, 0.1) is 5.82 Å². The lowest BCUT2D eigenvalue weighted by Gasteiger charge is -2.15. The minimum Gasteiger partial charge on any atom is -0.299 e. The summed E-state index contributed by atoms with van der Waals surface area (Å²) in [7, 11) is -3.26. The molecule has 0 aliphatic heterocycles. The topological polar surface area (TPSA) is 103 Å². The second-order valence-electron chi connectivity index (χ2n) is 7.91. The Morgan fingerprint density at radius 3 is 2.62 bits per heavy atom. The van der Waals surface area contributed by atoms with Crippen LogP contribution in [0.2, 0.25) is 0 Å². The number of hydrogen-bond acceptors (Lipinski definition) is 7. The first kappa shape index (κ1) is 22.1. The first-order chi connectivity index (χ1) is 15.4. The van der Waals surface area contributed by atoms with Gasteiger partial charge >= 0.3 is 0 Å². The summed E-state index contributed by atoms with van der Waals surface area (Å²) in [6.45, 7) is 1.85. The lowest BCUT2D eigenvalue weighted by molar-refractivity contribution is -0.120. The molecule has 0 bridgehead atoms. The molecule has 1 saturated carbocycles. The predicted octanol–water partition coefficient (Wildman–Crippen LogP) is 3.46. The Hall–Kier alpha value is -3.07. The fourth-order valence-corrected chi connectivity index (χ4v) is 5.20. The van der Waals surface area contributed by atoms with E-state index in [1.165, 1.54) is 24.7 Å². The average molecular weight is 455 g/mol. The van der Waals surface area contributed by atoms with Gasteiger partial charge in [0, 0.05) is 30.6 Å². The van der Waals surface area contributed by atoms with Gasteiger partial charge in [-0.25, -0.2) is 22.8 Å². The lowest BCUT2D eigenvalue weighted by atomic mass is 9.92. The Balaban J connectivity index is 1.50. The highest BCUT2D eigenvalue weighted by Crippen LogP contribution is 2.30. The van der Waals surface area contributed by atoms with Gasteiger partial charge in [0.05, 0.1) is 28.8 Å².